The predicted molar refractivity (Wildman–Crippen MR) is 149 cm³/mol. The maximum atomic E-state index is 14.1. The number of para-hydroxylation sites is 1. The van der Waals surface area contributed by atoms with Crippen molar-refractivity contribution < 1.29 is 36.5 Å². The number of rotatable bonds is 10. The lowest BCUT2D eigenvalue weighted by Gasteiger charge is -2.38. The van der Waals surface area contributed by atoms with Gasteiger partial charge in [-0.1, -0.05) is 6.07 Å². The molecule has 0 saturated carbocycles. The third-order valence-corrected chi connectivity index (χ3v) is 9.07. The number of ether oxygens (including phenoxy) is 5. The largest absolute Gasteiger partial charge is 0.494 e. The molecule has 0 bridgehead atoms. The van der Waals surface area contributed by atoms with Crippen LogP contribution in [0.3, 0.4) is 0 Å². The van der Waals surface area contributed by atoms with Crippen LogP contribution in [0.2, 0.25) is 0 Å². The van der Waals surface area contributed by atoms with E-state index in [0.29, 0.717) is 42.8 Å². The van der Waals surface area contributed by atoms with Crippen molar-refractivity contribution in [2.75, 3.05) is 52.0 Å². The van der Waals surface area contributed by atoms with Crippen LogP contribution in [-0.4, -0.2) is 97.7 Å². The molecule has 2 aliphatic rings. The Labute approximate surface area is 243 Å². The summed E-state index contributed by atoms with van der Waals surface area (Å²) < 4.78 is 72.2. The van der Waals surface area contributed by atoms with Crippen molar-refractivity contribution in [3.8, 4) is 17.2 Å². The molecule has 2 fully saturated rings. The van der Waals surface area contributed by atoms with Crippen LogP contribution in [0.4, 0.5) is 10.3 Å². The number of sulfone groups is 1. The summed E-state index contributed by atoms with van der Waals surface area (Å²) in [6.07, 6.45) is 1.25. The molecule has 0 aliphatic carbocycles. The molecule has 0 N–H and O–H groups in total. The fourth-order valence-corrected chi connectivity index (χ4v) is 6.94. The second kappa shape index (κ2) is 12.9. The second-order valence-corrected chi connectivity index (χ2v) is 12.6. The number of halogens is 1. The molecule has 15 heteroatoms. The molecule has 42 heavy (non-hydrogen) atoms. The Morgan fingerprint density at radius 3 is 2.40 bits per heavy atom. The number of hydrogen-bond donors (Lipinski definition) is 0. The van der Waals surface area contributed by atoms with E-state index in [0.717, 1.165) is 12.4 Å². The molecule has 3 atom stereocenters. The van der Waals surface area contributed by atoms with Crippen molar-refractivity contribution >= 4 is 15.8 Å². The summed E-state index contributed by atoms with van der Waals surface area (Å²) >= 11 is 0. The zero-order chi connectivity index (χ0) is 29.9. The molecule has 2 aromatic heterocycles. The summed E-state index contributed by atoms with van der Waals surface area (Å²) in [6.45, 7) is 5.27. The summed E-state index contributed by atoms with van der Waals surface area (Å²) in [5, 5.41) is 7.84. The summed E-state index contributed by atoms with van der Waals surface area (Å²) in [6, 6.07) is 5.26. The maximum absolute atomic E-state index is 14.1. The minimum absolute atomic E-state index is 0.102. The first-order valence-electron chi connectivity index (χ1n) is 13.6. The molecule has 3 aromatic rings. The smallest absolute Gasteiger partial charge is 0.225 e. The topological polar surface area (TPSA) is 140 Å². The van der Waals surface area contributed by atoms with E-state index >= 15 is 0 Å². The number of hydrogen-bond acceptors (Lipinski definition) is 12. The van der Waals surface area contributed by atoms with Crippen molar-refractivity contribution in [2.24, 2.45) is 0 Å². The predicted octanol–water partition coefficient (Wildman–Crippen LogP) is 2.29. The van der Waals surface area contributed by atoms with Gasteiger partial charge in [0.15, 0.2) is 27.3 Å². The molecule has 0 radical (unpaired) electrons. The van der Waals surface area contributed by atoms with Gasteiger partial charge in [-0.15, -0.1) is 10.2 Å². The summed E-state index contributed by atoms with van der Waals surface area (Å²) in [4.78, 5) is 9.86. The van der Waals surface area contributed by atoms with E-state index in [-0.39, 0.29) is 37.4 Å². The molecule has 2 aliphatic heterocycles. The van der Waals surface area contributed by atoms with Crippen LogP contribution < -0.4 is 14.4 Å². The van der Waals surface area contributed by atoms with Gasteiger partial charge in [0.25, 0.3) is 0 Å². The molecule has 2 saturated heterocycles. The summed E-state index contributed by atoms with van der Waals surface area (Å²) in [7, 11) is -0.838. The molecule has 0 amide bonds. The minimum atomic E-state index is -3.87. The van der Waals surface area contributed by atoms with Gasteiger partial charge >= 0.3 is 0 Å². The van der Waals surface area contributed by atoms with Crippen molar-refractivity contribution in [3.05, 3.63) is 48.1 Å². The zero-order valence-electron chi connectivity index (χ0n) is 24.0. The van der Waals surface area contributed by atoms with Crippen LogP contribution in [0, 0.1) is 5.82 Å². The first kappa shape index (κ1) is 30.1. The fourth-order valence-electron chi connectivity index (χ4n) is 5.25. The molecular weight excluding hydrogens is 571 g/mol. The average molecular weight is 607 g/mol. The molecule has 5 rings (SSSR count). The van der Waals surface area contributed by atoms with Gasteiger partial charge in [-0.2, -0.15) is 0 Å². The lowest BCUT2D eigenvalue weighted by molar-refractivity contribution is -0.0942. The molecule has 1 aromatic carbocycles. The van der Waals surface area contributed by atoms with Crippen molar-refractivity contribution in [2.45, 2.75) is 49.6 Å². The lowest BCUT2D eigenvalue weighted by Crippen LogP contribution is -2.51. The Morgan fingerprint density at radius 1 is 1.07 bits per heavy atom. The van der Waals surface area contributed by atoms with Crippen molar-refractivity contribution in [1.82, 2.24) is 24.7 Å². The highest BCUT2D eigenvalue weighted by molar-refractivity contribution is 7.91. The van der Waals surface area contributed by atoms with E-state index in [1.54, 1.807) is 27.7 Å². The number of aromatic nitrogens is 5. The Hall–Kier alpha value is -3.40. The highest BCUT2D eigenvalue weighted by Crippen LogP contribution is 2.37. The van der Waals surface area contributed by atoms with E-state index in [4.69, 9.17) is 23.7 Å². The van der Waals surface area contributed by atoms with E-state index in [2.05, 4.69) is 20.2 Å². The highest BCUT2D eigenvalue weighted by atomic mass is 32.2. The first-order valence-corrected chi connectivity index (χ1v) is 15.4. The molecule has 0 unspecified atom stereocenters. The van der Waals surface area contributed by atoms with Gasteiger partial charge in [-0.25, -0.2) is 22.8 Å². The second-order valence-electron chi connectivity index (χ2n) is 10.3. The van der Waals surface area contributed by atoms with Gasteiger partial charge in [-0.05, 0) is 32.4 Å². The fraction of sp³-hybridized carbons (Fsp3) is 0.556. The quantitative estimate of drug-likeness (QED) is 0.334. The Bertz CT molecular complexity index is 1440. The normalized spacial score (nSPS) is 21.5. The first-order chi connectivity index (χ1) is 20.2. The van der Waals surface area contributed by atoms with Crippen LogP contribution in [-0.2, 0) is 29.8 Å². The monoisotopic (exact) mass is 606 g/mol. The molecule has 0 spiro atoms. The SMILES string of the molecule is COc1cccc(OC)c1-n1c(CS(=O)(=O)[C@H]2C[C@@H](OC(C)C)CN(c3ncc(F)cn3)C2)nnc1[C@@H]1COCCO1. The lowest BCUT2D eigenvalue weighted by atomic mass is 10.1. The summed E-state index contributed by atoms with van der Waals surface area (Å²) in [5.74, 6) is 0.622. The average Bonchev–Trinajstić information content (AvgIpc) is 3.39. The third-order valence-electron chi connectivity index (χ3n) is 7.05. The van der Waals surface area contributed by atoms with Gasteiger partial charge in [-0.3, -0.25) is 4.57 Å². The molecule has 4 heterocycles. The zero-order valence-corrected chi connectivity index (χ0v) is 24.8. The Morgan fingerprint density at radius 2 is 1.79 bits per heavy atom. The van der Waals surface area contributed by atoms with Crippen molar-refractivity contribution in [1.29, 1.82) is 0 Å². The van der Waals surface area contributed by atoms with Gasteiger partial charge in [0.05, 0.1) is 63.9 Å². The van der Waals surface area contributed by atoms with E-state index in [1.807, 2.05) is 13.8 Å². The van der Waals surface area contributed by atoms with E-state index < -0.39 is 38.9 Å². The number of methoxy groups -OCH3 is 2. The van der Waals surface area contributed by atoms with Crippen LogP contribution in [0.15, 0.2) is 30.6 Å². The van der Waals surface area contributed by atoms with Gasteiger partial charge in [0.2, 0.25) is 5.95 Å². The number of benzene rings is 1. The van der Waals surface area contributed by atoms with Gasteiger partial charge < -0.3 is 28.6 Å². The number of nitrogens with zero attached hydrogens (tertiary/aromatic N) is 6. The maximum Gasteiger partial charge on any atom is 0.225 e. The van der Waals surface area contributed by atoms with Crippen molar-refractivity contribution in [3.63, 3.8) is 0 Å². The van der Waals surface area contributed by atoms with Crippen LogP contribution in [0.5, 0.6) is 11.5 Å². The summed E-state index contributed by atoms with van der Waals surface area (Å²) in [5.41, 5.74) is 0.452. The third kappa shape index (κ3) is 6.48. The number of piperidine rings is 1. The van der Waals surface area contributed by atoms with Gasteiger partial charge in [0.1, 0.15) is 29.0 Å². The van der Waals surface area contributed by atoms with E-state index in [9.17, 15) is 12.8 Å². The van der Waals surface area contributed by atoms with Crippen LogP contribution in [0.1, 0.15) is 38.0 Å². The number of anilines is 1. The standard InChI is InChI=1S/C27H35FN6O7S/c1-17(2)41-19-10-20(14-33(13-19)27-29-11-18(28)12-30-27)42(35,36)16-24-31-32-26(23-15-39-8-9-40-23)34(24)25-21(37-3)6-5-7-22(25)38-4/h5-7,11-12,17,19-20,23H,8-10,13-16H2,1-4H3/t19-,20+,23+/m1/s1. The van der Waals surface area contributed by atoms with Gasteiger partial charge in [0, 0.05) is 13.1 Å². The minimum Gasteiger partial charge on any atom is -0.494 e. The Kier molecular flexibility index (Phi) is 9.20. The highest BCUT2D eigenvalue weighted by Gasteiger charge is 2.39. The molecule has 13 nitrogen and oxygen atoms in total. The van der Waals surface area contributed by atoms with Crippen LogP contribution in [0.25, 0.3) is 5.69 Å². The Balaban J connectivity index is 1.53. The molecule has 228 valence electrons. The molecular formula is C27H35FN6O7S. The van der Waals surface area contributed by atoms with E-state index in [1.165, 1.54) is 14.2 Å². The van der Waals surface area contributed by atoms with Crippen LogP contribution >= 0.6 is 0 Å².